The van der Waals surface area contributed by atoms with Crippen LogP contribution in [0.25, 0.3) is 22.0 Å². The number of fused-ring (bicyclic) bond motifs is 4. The number of ether oxygens (including phenoxy) is 3. The van der Waals surface area contributed by atoms with Gasteiger partial charge in [-0.25, -0.2) is 9.59 Å². The minimum absolute atomic E-state index is 0.0320. The summed E-state index contributed by atoms with van der Waals surface area (Å²) in [5, 5.41) is 28.7. The monoisotopic (exact) mass is 1280 g/mol. The zero-order chi connectivity index (χ0) is 67.7. The van der Waals surface area contributed by atoms with Gasteiger partial charge in [0.25, 0.3) is 0 Å². The van der Waals surface area contributed by atoms with Crippen LogP contribution in [0, 0.1) is 5.92 Å². The first kappa shape index (κ1) is 69.3. The fraction of sp³-hybridized carbons (Fsp3) is 0.333. The van der Waals surface area contributed by atoms with Crippen molar-refractivity contribution >= 4 is 70.3 Å². The molecule has 0 saturated carbocycles. The Hall–Kier alpha value is -10.6. The third-order valence-electron chi connectivity index (χ3n) is 16.3. The van der Waals surface area contributed by atoms with Crippen LogP contribution in [0.2, 0.25) is 0 Å². The Balaban J connectivity index is 1.10. The Morgan fingerprint density at radius 3 is 1.62 bits per heavy atom. The molecule has 94 heavy (non-hydrogen) atoms. The van der Waals surface area contributed by atoms with E-state index in [1.165, 1.54) is 6.92 Å². The van der Waals surface area contributed by atoms with Crippen LogP contribution in [0.4, 0.5) is 4.79 Å². The van der Waals surface area contributed by atoms with Crippen LogP contribution < -0.4 is 37.2 Å². The number of carbonyl (C=O) groups excluding carboxylic acids is 9. The average Bonchev–Trinajstić information content (AvgIpc) is 0.859. The molecule has 22 heteroatoms. The van der Waals surface area contributed by atoms with Crippen molar-refractivity contribution in [3.63, 3.8) is 0 Å². The molecule has 0 spiro atoms. The third-order valence-corrected chi connectivity index (χ3v) is 16.3. The van der Waals surface area contributed by atoms with Gasteiger partial charge in [-0.2, -0.15) is 0 Å². The number of carboxylic acid groups (broad SMARTS) is 1. The van der Waals surface area contributed by atoms with Crippen molar-refractivity contribution in [2.24, 2.45) is 5.92 Å². The molecule has 7 amide bonds. The molecule has 1 aromatic heterocycles. The summed E-state index contributed by atoms with van der Waals surface area (Å²) in [4.78, 5) is 145. The first-order valence-corrected chi connectivity index (χ1v) is 31.3. The van der Waals surface area contributed by atoms with E-state index in [0.29, 0.717) is 28.7 Å². The van der Waals surface area contributed by atoms with E-state index < -0.39 is 132 Å². The number of rotatable bonds is 29. The maximum absolute atomic E-state index is 15.3. The lowest BCUT2D eigenvalue weighted by atomic mass is 9.77. The Kier molecular flexibility index (Phi) is 23.3. The fourth-order valence-electron chi connectivity index (χ4n) is 11.4. The highest BCUT2D eigenvalue weighted by Gasteiger charge is 2.42. The molecule has 8 rings (SSSR count). The van der Waals surface area contributed by atoms with Gasteiger partial charge in [-0.05, 0) is 84.2 Å². The number of aromatic nitrogens is 1. The largest absolute Gasteiger partial charge is 0.480 e. The van der Waals surface area contributed by atoms with Crippen molar-refractivity contribution in [1.82, 2.24) is 42.2 Å². The van der Waals surface area contributed by atoms with E-state index in [-0.39, 0.29) is 25.4 Å². The molecule has 0 fully saturated rings. The van der Waals surface area contributed by atoms with Gasteiger partial charge in [-0.3, -0.25) is 38.4 Å². The second kappa shape index (κ2) is 31.6. The van der Waals surface area contributed by atoms with Crippen LogP contribution >= 0.6 is 0 Å². The number of nitrogens with one attached hydrogen (secondary N) is 8. The van der Waals surface area contributed by atoms with E-state index in [2.05, 4.69) is 42.2 Å². The number of benzene rings is 6. The summed E-state index contributed by atoms with van der Waals surface area (Å²) in [6.07, 6.45) is -2.50. The van der Waals surface area contributed by atoms with Crippen LogP contribution in [-0.2, 0) is 69.3 Å². The summed E-state index contributed by atoms with van der Waals surface area (Å²) in [6, 6.07) is 41.3. The average molecular weight is 1280 g/mol. The summed E-state index contributed by atoms with van der Waals surface area (Å²) >= 11 is 0. The topological polar surface area (TPSA) is 319 Å². The number of carboxylic acids is 1. The number of esters is 2. The van der Waals surface area contributed by atoms with E-state index in [1.54, 1.807) is 90.2 Å². The van der Waals surface area contributed by atoms with E-state index in [4.69, 9.17) is 14.2 Å². The summed E-state index contributed by atoms with van der Waals surface area (Å²) in [5.41, 5.74) is 4.54. The normalized spacial score (nSPS) is 14.1. The molecule has 492 valence electrons. The van der Waals surface area contributed by atoms with Crippen molar-refractivity contribution in [3.8, 4) is 11.1 Å². The van der Waals surface area contributed by atoms with Crippen molar-refractivity contribution < 1.29 is 67.3 Å². The van der Waals surface area contributed by atoms with Crippen LogP contribution in [0.15, 0.2) is 170 Å². The highest BCUT2D eigenvalue weighted by atomic mass is 16.6. The van der Waals surface area contributed by atoms with Gasteiger partial charge in [0.05, 0.1) is 12.8 Å². The number of aliphatic carboxylic acids is 1. The van der Waals surface area contributed by atoms with E-state index in [0.717, 1.165) is 33.2 Å². The molecule has 0 saturated heterocycles. The number of H-pyrrole nitrogens is 1. The number of aromatic amines is 1. The highest BCUT2D eigenvalue weighted by molar-refractivity contribution is 5.99. The van der Waals surface area contributed by atoms with E-state index in [9.17, 15) is 38.7 Å². The molecule has 9 N–H and O–H groups in total. The molecule has 0 aliphatic heterocycles. The smallest absolute Gasteiger partial charge is 0.407 e. The molecule has 0 bridgehead atoms. The predicted molar refractivity (Wildman–Crippen MR) is 350 cm³/mol. The summed E-state index contributed by atoms with van der Waals surface area (Å²) in [5.74, 6) is -10.4. The van der Waals surface area contributed by atoms with Crippen molar-refractivity contribution in [2.75, 3.05) is 13.2 Å². The van der Waals surface area contributed by atoms with Gasteiger partial charge in [-0.1, -0.05) is 185 Å². The van der Waals surface area contributed by atoms with Gasteiger partial charge >= 0.3 is 24.0 Å². The fourth-order valence-corrected chi connectivity index (χ4v) is 11.4. The number of para-hydroxylation sites is 1. The molecule has 22 nitrogen and oxygen atoms in total. The molecular weight excluding hydrogens is 1200 g/mol. The minimum atomic E-state index is -2.01. The first-order valence-electron chi connectivity index (χ1n) is 31.3. The zero-order valence-electron chi connectivity index (χ0n) is 53.5. The molecule has 7 unspecified atom stereocenters. The molecule has 6 aromatic carbocycles. The number of hydrogen-bond donors (Lipinski definition) is 9. The van der Waals surface area contributed by atoms with Crippen molar-refractivity contribution in [3.05, 3.63) is 203 Å². The number of amides is 7. The number of carbonyl (C=O) groups is 10. The van der Waals surface area contributed by atoms with Gasteiger partial charge in [0.15, 0.2) is 0 Å². The molecule has 1 aliphatic carbocycles. The van der Waals surface area contributed by atoms with E-state index in [1.807, 2.05) is 121 Å². The van der Waals surface area contributed by atoms with Crippen molar-refractivity contribution in [1.29, 1.82) is 0 Å². The summed E-state index contributed by atoms with van der Waals surface area (Å²) in [7, 11) is 0. The van der Waals surface area contributed by atoms with Crippen LogP contribution in [0.1, 0.15) is 113 Å². The molecule has 7 aromatic rings. The number of alkyl carbamates (subject to hydrolysis) is 1. The van der Waals surface area contributed by atoms with Crippen LogP contribution in [0.3, 0.4) is 0 Å². The zero-order valence-corrected chi connectivity index (χ0v) is 53.5. The Morgan fingerprint density at radius 2 is 1.07 bits per heavy atom. The minimum Gasteiger partial charge on any atom is -0.480 e. The standard InChI is InChI=1S/C72H80N8O14/c1-8-43(3)63(79-70(91)92-42-54-52-34-21-19-32-50(52)51-33-20-22-35-53(51)54)69(90)93-44(4)64(68(89)74-41-61(83)84)78-67(88)58(39-62(85)94-71(5,6)7)77-66(87)57(76-65(86)56(75-59(81)9-2)37-45-40-73-55-36-24-23-31-49(45)55)38-60(82)80-72(46-25-13-10-14-26-46,47-27-15-11-16-28-47)48-29-17-12-18-30-48/h10-36,40,43-44,54,56-58,63-64,73H,8-9,37-39,41-42H2,1-7H3,(H,74,89)(H,75,81)(H,76,86)(H,77,87)(H,78,88)(H,79,91)(H,80,82)(H,83,84). The Morgan fingerprint density at radius 1 is 0.564 bits per heavy atom. The van der Waals surface area contributed by atoms with Gasteiger partial charge < -0.3 is 61.5 Å². The Bertz CT molecular complexity index is 3710. The third kappa shape index (κ3) is 17.5. The molecule has 7 atom stereocenters. The lowest BCUT2D eigenvalue weighted by Gasteiger charge is -2.37. The van der Waals surface area contributed by atoms with Gasteiger partial charge in [-0.15, -0.1) is 0 Å². The maximum Gasteiger partial charge on any atom is 0.407 e. The molecule has 1 heterocycles. The van der Waals surface area contributed by atoms with Gasteiger partial charge in [0.1, 0.15) is 60.6 Å². The lowest BCUT2D eigenvalue weighted by Crippen LogP contribution is -2.61. The highest BCUT2D eigenvalue weighted by Crippen LogP contribution is 2.44. The predicted octanol–water partition coefficient (Wildman–Crippen LogP) is 7.38. The van der Waals surface area contributed by atoms with Gasteiger partial charge in [0, 0.05) is 35.9 Å². The second-order valence-corrected chi connectivity index (χ2v) is 24.1. The van der Waals surface area contributed by atoms with Gasteiger partial charge in [0.2, 0.25) is 35.4 Å². The SMILES string of the molecule is CCC(=O)NC(Cc1c[nH]c2ccccc12)C(=O)NC(CC(=O)NC(c1ccccc1)(c1ccccc1)c1ccccc1)C(=O)NC(CC(=O)OC(C)(C)C)C(=O)NC(C(=O)NCC(=O)O)C(C)OC(=O)C(NC(=O)OCC1c2ccccc2-c2ccccc21)C(C)CC. The molecule has 1 aliphatic rings. The second-order valence-electron chi connectivity index (χ2n) is 24.1. The van der Waals surface area contributed by atoms with E-state index >= 15 is 14.4 Å². The quantitative estimate of drug-likeness (QED) is 0.0126. The lowest BCUT2D eigenvalue weighted by molar-refractivity contribution is -0.157. The number of hydrogen-bond acceptors (Lipinski definition) is 13. The molecular formula is C72H80N8O14. The molecule has 0 radical (unpaired) electrons. The summed E-state index contributed by atoms with van der Waals surface area (Å²) < 4.78 is 17.2. The summed E-state index contributed by atoms with van der Waals surface area (Å²) in [6.45, 7) is 9.86. The van der Waals surface area contributed by atoms with Crippen LogP contribution in [0.5, 0.6) is 0 Å². The maximum atomic E-state index is 15.3. The van der Waals surface area contributed by atoms with Crippen molar-refractivity contribution in [2.45, 2.75) is 134 Å². The Labute approximate surface area is 545 Å². The first-order chi connectivity index (χ1) is 45.0. The van der Waals surface area contributed by atoms with Crippen LogP contribution in [-0.4, -0.2) is 125 Å².